The van der Waals surface area contributed by atoms with Gasteiger partial charge in [0.1, 0.15) is 0 Å². The van der Waals surface area contributed by atoms with E-state index >= 15 is 0 Å². The summed E-state index contributed by atoms with van der Waals surface area (Å²) >= 11 is 0. The van der Waals surface area contributed by atoms with Gasteiger partial charge in [0.25, 0.3) is 0 Å². The molecule has 2 aliphatic heterocycles. The van der Waals surface area contributed by atoms with Gasteiger partial charge in [-0.3, -0.25) is 14.7 Å². The Morgan fingerprint density at radius 3 is 2.73 bits per heavy atom. The molecule has 2 fully saturated rings. The fourth-order valence-corrected chi connectivity index (χ4v) is 3.22. The van der Waals surface area contributed by atoms with E-state index in [4.69, 9.17) is 0 Å². The molecule has 2 saturated heterocycles. The molecule has 140 valence electrons. The van der Waals surface area contributed by atoms with Crippen molar-refractivity contribution in [3.8, 4) is 0 Å². The summed E-state index contributed by atoms with van der Waals surface area (Å²) in [5.41, 5.74) is 2.50. The Bertz CT molecular complexity index is 671. The number of nitrogens with one attached hydrogen (secondary N) is 3. The minimum Gasteiger partial charge on any atom is -0.369 e. The number of benzene rings is 1. The largest absolute Gasteiger partial charge is 0.369 e. The number of carbonyl (C=O) groups excluding carboxylic acids is 2. The van der Waals surface area contributed by atoms with Gasteiger partial charge in [0.15, 0.2) is 5.96 Å². The summed E-state index contributed by atoms with van der Waals surface area (Å²) in [4.78, 5) is 30.9. The van der Waals surface area contributed by atoms with Crippen molar-refractivity contribution in [2.24, 2.45) is 4.99 Å². The zero-order chi connectivity index (χ0) is 18.5. The van der Waals surface area contributed by atoms with Gasteiger partial charge in [-0.1, -0.05) is 17.7 Å². The van der Waals surface area contributed by atoms with E-state index in [1.54, 1.807) is 7.05 Å². The number of aryl methyl sites for hydroxylation is 1. The summed E-state index contributed by atoms with van der Waals surface area (Å²) in [5.74, 6) is 0.497. The molecule has 0 aliphatic carbocycles. The lowest BCUT2D eigenvalue weighted by Gasteiger charge is -2.21. The number of imide groups is 1. The van der Waals surface area contributed by atoms with Crippen molar-refractivity contribution in [2.45, 2.75) is 19.4 Å². The molecule has 1 aromatic rings. The molecule has 3 N–H and O–H groups in total. The SMILES string of the molecule is CN=C(NCCN1C(=O)CNC1=O)NC1CCN(c2ccc(C)cc2)C1. The lowest BCUT2D eigenvalue weighted by molar-refractivity contribution is -0.124. The van der Waals surface area contributed by atoms with Crippen molar-refractivity contribution in [1.29, 1.82) is 0 Å². The maximum absolute atomic E-state index is 11.6. The number of rotatable bonds is 5. The van der Waals surface area contributed by atoms with Gasteiger partial charge in [0.2, 0.25) is 5.91 Å². The van der Waals surface area contributed by atoms with Gasteiger partial charge in [-0.2, -0.15) is 0 Å². The first-order valence-electron chi connectivity index (χ1n) is 8.94. The second-order valence-corrected chi connectivity index (χ2v) is 6.61. The van der Waals surface area contributed by atoms with Crippen LogP contribution in [0.4, 0.5) is 10.5 Å². The van der Waals surface area contributed by atoms with E-state index in [-0.39, 0.29) is 18.5 Å². The van der Waals surface area contributed by atoms with Crippen LogP contribution in [0.2, 0.25) is 0 Å². The molecule has 0 saturated carbocycles. The highest BCUT2D eigenvalue weighted by Gasteiger charge is 2.28. The molecule has 1 atom stereocenters. The number of hydrogen-bond donors (Lipinski definition) is 3. The number of nitrogens with zero attached hydrogens (tertiary/aromatic N) is 3. The monoisotopic (exact) mass is 358 g/mol. The van der Waals surface area contributed by atoms with E-state index in [1.165, 1.54) is 16.2 Å². The van der Waals surface area contributed by atoms with Gasteiger partial charge < -0.3 is 20.9 Å². The zero-order valence-electron chi connectivity index (χ0n) is 15.3. The van der Waals surface area contributed by atoms with Crippen LogP contribution >= 0.6 is 0 Å². The first kappa shape index (κ1) is 18.0. The highest BCUT2D eigenvalue weighted by Crippen LogP contribution is 2.20. The molecule has 0 spiro atoms. The highest BCUT2D eigenvalue weighted by atomic mass is 16.2. The number of urea groups is 1. The smallest absolute Gasteiger partial charge is 0.324 e. The third kappa shape index (κ3) is 4.25. The predicted molar refractivity (Wildman–Crippen MR) is 101 cm³/mol. The van der Waals surface area contributed by atoms with Gasteiger partial charge in [-0.05, 0) is 25.5 Å². The quantitative estimate of drug-likeness (QED) is 0.400. The van der Waals surface area contributed by atoms with E-state index in [0.29, 0.717) is 25.1 Å². The molecule has 2 heterocycles. The molecule has 0 bridgehead atoms. The molecule has 0 radical (unpaired) electrons. The fourth-order valence-electron chi connectivity index (χ4n) is 3.22. The Balaban J connectivity index is 1.44. The van der Waals surface area contributed by atoms with Crippen molar-refractivity contribution < 1.29 is 9.59 Å². The second kappa shape index (κ2) is 8.07. The molecule has 2 aliphatic rings. The van der Waals surface area contributed by atoms with Crippen LogP contribution < -0.4 is 20.9 Å². The van der Waals surface area contributed by atoms with Crippen LogP contribution in [0.1, 0.15) is 12.0 Å². The van der Waals surface area contributed by atoms with Crippen LogP contribution in [0, 0.1) is 6.92 Å². The molecular formula is C18H26N6O2. The summed E-state index contributed by atoms with van der Waals surface area (Å²) in [6, 6.07) is 8.55. The highest BCUT2D eigenvalue weighted by molar-refractivity contribution is 6.01. The summed E-state index contributed by atoms with van der Waals surface area (Å²) < 4.78 is 0. The predicted octanol–water partition coefficient (Wildman–Crippen LogP) is 0.291. The van der Waals surface area contributed by atoms with E-state index in [1.807, 2.05) is 0 Å². The van der Waals surface area contributed by atoms with Crippen LogP contribution in [0.3, 0.4) is 0 Å². The van der Waals surface area contributed by atoms with Crippen LogP contribution in [0.25, 0.3) is 0 Å². The minimum absolute atomic E-state index is 0.0860. The fraction of sp³-hybridized carbons (Fsp3) is 0.500. The lowest BCUT2D eigenvalue weighted by Crippen LogP contribution is -2.47. The van der Waals surface area contributed by atoms with Crippen molar-refractivity contribution in [2.75, 3.05) is 44.7 Å². The summed E-state index contributed by atoms with van der Waals surface area (Å²) in [5, 5.41) is 9.10. The Kier molecular flexibility index (Phi) is 5.60. The van der Waals surface area contributed by atoms with Crippen molar-refractivity contribution in [3.63, 3.8) is 0 Å². The second-order valence-electron chi connectivity index (χ2n) is 6.61. The van der Waals surface area contributed by atoms with E-state index in [0.717, 1.165) is 19.5 Å². The van der Waals surface area contributed by atoms with Gasteiger partial charge in [-0.25, -0.2) is 4.79 Å². The Labute approximate surface area is 153 Å². The molecule has 1 unspecified atom stereocenters. The van der Waals surface area contributed by atoms with Gasteiger partial charge in [0, 0.05) is 45.0 Å². The topological polar surface area (TPSA) is 89.1 Å². The number of anilines is 1. The molecule has 1 aromatic carbocycles. The number of carbonyl (C=O) groups is 2. The summed E-state index contributed by atoms with van der Waals surface area (Å²) in [7, 11) is 1.72. The van der Waals surface area contributed by atoms with Gasteiger partial charge >= 0.3 is 6.03 Å². The number of guanidine groups is 1. The van der Waals surface area contributed by atoms with Crippen LogP contribution in [-0.2, 0) is 4.79 Å². The van der Waals surface area contributed by atoms with Gasteiger partial charge in [0.05, 0.1) is 6.54 Å². The van der Waals surface area contributed by atoms with Gasteiger partial charge in [-0.15, -0.1) is 0 Å². The average Bonchev–Trinajstić information content (AvgIpc) is 3.23. The third-order valence-electron chi connectivity index (χ3n) is 4.72. The first-order valence-corrected chi connectivity index (χ1v) is 8.94. The molecule has 3 amide bonds. The van der Waals surface area contributed by atoms with E-state index in [9.17, 15) is 9.59 Å². The normalized spacial score (nSPS) is 20.5. The Hall–Kier alpha value is -2.77. The standard InChI is InChI=1S/C18H26N6O2/c1-13-3-5-15(6-4-13)23-9-7-14(12-23)22-17(19-2)20-8-10-24-16(25)11-21-18(24)26/h3-6,14H,7-12H2,1-2H3,(H,21,26)(H2,19,20,22). The molecule has 26 heavy (non-hydrogen) atoms. The summed E-state index contributed by atoms with van der Waals surface area (Å²) in [6.45, 7) is 4.88. The minimum atomic E-state index is -0.329. The van der Waals surface area contributed by atoms with Crippen molar-refractivity contribution in [1.82, 2.24) is 20.9 Å². The third-order valence-corrected chi connectivity index (χ3v) is 4.72. The first-order chi connectivity index (χ1) is 12.6. The zero-order valence-corrected chi connectivity index (χ0v) is 15.3. The molecule has 3 rings (SSSR count). The molecule has 0 aromatic heterocycles. The van der Waals surface area contributed by atoms with Crippen LogP contribution in [0.15, 0.2) is 29.3 Å². The maximum Gasteiger partial charge on any atom is 0.324 e. The van der Waals surface area contributed by atoms with Crippen LogP contribution in [0.5, 0.6) is 0 Å². The number of aliphatic imine (C=N–C) groups is 1. The van der Waals surface area contributed by atoms with E-state index in [2.05, 4.69) is 57.0 Å². The Morgan fingerprint density at radius 1 is 1.31 bits per heavy atom. The summed E-state index contributed by atoms with van der Waals surface area (Å²) in [6.07, 6.45) is 1.03. The lowest BCUT2D eigenvalue weighted by atomic mass is 10.2. The maximum atomic E-state index is 11.6. The molecular weight excluding hydrogens is 332 g/mol. The molecule has 8 heteroatoms. The van der Waals surface area contributed by atoms with Crippen molar-refractivity contribution in [3.05, 3.63) is 29.8 Å². The van der Waals surface area contributed by atoms with Crippen molar-refractivity contribution >= 4 is 23.6 Å². The number of amides is 3. The van der Waals surface area contributed by atoms with Crippen LogP contribution in [-0.4, -0.2) is 68.6 Å². The Morgan fingerprint density at radius 2 is 2.08 bits per heavy atom. The molecule has 8 nitrogen and oxygen atoms in total. The number of hydrogen-bond acceptors (Lipinski definition) is 4. The van der Waals surface area contributed by atoms with E-state index < -0.39 is 0 Å². The average molecular weight is 358 g/mol.